The van der Waals surface area contributed by atoms with Crippen LogP contribution in [0, 0.1) is 0 Å². The largest absolute Gasteiger partial charge is 0.492 e. The number of likely N-dealkylation sites (tertiary alicyclic amines) is 1. The molecule has 6 rings (SSSR count). The monoisotopic (exact) mass is 714 g/mol. The van der Waals surface area contributed by atoms with Crippen LogP contribution >= 0.6 is 0 Å². The van der Waals surface area contributed by atoms with Crippen molar-refractivity contribution in [2.24, 2.45) is 0 Å². The molecular formula is C38H48N7O5S+. The van der Waals surface area contributed by atoms with Crippen molar-refractivity contribution in [1.29, 1.82) is 0 Å². The Balaban J connectivity index is 1.30. The van der Waals surface area contributed by atoms with Crippen LogP contribution in [0.25, 0.3) is 10.8 Å². The lowest BCUT2D eigenvalue weighted by atomic mass is 9.86. The second-order valence-corrected chi connectivity index (χ2v) is 16.4. The fourth-order valence-corrected chi connectivity index (χ4v) is 7.99. The third kappa shape index (κ3) is 7.85. The number of amides is 1. The molecule has 270 valence electrons. The maximum absolute atomic E-state index is 13.8. The fraction of sp³-hybridized carbons (Fsp3) is 0.421. The number of rotatable bonds is 10. The molecule has 3 aromatic carbocycles. The SMILES string of the molecule is COc1c(NC(=O)C(=O)c2ccc(Nc3ccnc([N+]4(C5CCNCC5)CCCCC4)n3)c3ccccc23)cc(C(C)(C)C)cc1NS(C)(=O)=O. The maximum Gasteiger partial charge on any atom is 0.331 e. The fourth-order valence-electron chi connectivity index (χ4n) is 7.43. The van der Waals surface area contributed by atoms with E-state index >= 15 is 0 Å². The molecule has 2 aliphatic heterocycles. The summed E-state index contributed by atoms with van der Waals surface area (Å²) in [4.78, 5) is 37.4. The van der Waals surface area contributed by atoms with E-state index in [1.54, 1.807) is 24.3 Å². The van der Waals surface area contributed by atoms with E-state index in [0.29, 0.717) is 17.2 Å². The summed E-state index contributed by atoms with van der Waals surface area (Å²) in [5.74, 6) is -0.0219. The molecule has 2 aliphatic rings. The van der Waals surface area contributed by atoms with Crippen LogP contribution in [-0.4, -0.2) is 75.7 Å². The van der Waals surface area contributed by atoms with Crippen molar-refractivity contribution in [2.75, 3.05) is 54.9 Å². The molecule has 0 bridgehead atoms. The highest BCUT2D eigenvalue weighted by atomic mass is 32.2. The number of sulfonamides is 1. The molecule has 2 fully saturated rings. The first-order chi connectivity index (χ1) is 24.3. The van der Waals surface area contributed by atoms with Crippen molar-refractivity contribution in [3.05, 3.63) is 71.9 Å². The number of anilines is 4. The zero-order chi connectivity index (χ0) is 36.4. The van der Waals surface area contributed by atoms with Gasteiger partial charge in [-0.1, -0.05) is 45.0 Å². The van der Waals surface area contributed by atoms with Gasteiger partial charge in [-0.2, -0.15) is 9.97 Å². The normalized spacial score (nSPS) is 16.7. The smallest absolute Gasteiger partial charge is 0.331 e. The molecule has 0 saturated carbocycles. The van der Waals surface area contributed by atoms with E-state index in [1.165, 1.54) is 13.5 Å². The number of ether oxygens (including phenoxy) is 1. The van der Waals surface area contributed by atoms with Crippen LogP contribution in [0.15, 0.2) is 60.8 Å². The number of carbonyl (C=O) groups excluding carboxylic acids is 2. The number of carbonyl (C=O) groups is 2. The van der Waals surface area contributed by atoms with Gasteiger partial charge >= 0.3 is 5.95 Å². The van der Waals surface area contributed by atoms with Gasteiger partial charge in [0.15, 0.2) is 5.75 Å². The van der Waals surface area contributed by atoms with E-state index in [4.69, 9.17) is 14.7 Å². The number of nitrogens with zero attached hydrogens (tertiary/aromatic N) is 3. The van der Waals surface area contributed by atoms with E-state index in [9.17, 15) is 18.0 Å². The minimum absolute atomic E-state index is 0.0944. The zero-order valence-electron chi connectivity index (χ0n) is 30.0. The summed E-state index contributed by atoms with van der Waals surface area (Å²) in [6.45, 7) is 9.98. The molecule has 13 heteroatoms. The predicted octanol–water partition coefficient (Wildman–Crippen LogP) is 6.12. The minimum Gasteiger partial charge on any atom is -0.492 e. The van der Waals surface area contributed by atoms with Crippen LogP contribution in [0.4, 0.5) is 28.8 Å². The number of piperidine rings is 2. The number of fused-ring (bicyclic) bond motifs is 1. The summed E-state index contributed by atoms with van der Waals surface area (Å²) >= 11 is 0. The third-order valence-electron chi connectivity index (χ3n) is 10.0. The molecule has 4 aromatic rings. The zero-order valence-corrected chi connectivity index (χ0v) is 30.8. The number of hydrogen-bond donors (Lipinski definition) is 4. The third-order valence-corrected chi connectivity index (χ3v) is 10.6. The summed E-state index contributed by atoms with van der Waals surface area (Å²) in [5.41, 5.74) is 1.63. The number of nitrogens with one attached hydrogen (secondary N) is 4. The standard InChI is InChI=1S/C38H47N7O5S/c1-38(2,3)25-23-31(35(50-4)32(24-25)44-51(5,48)49)42-36(47)34(46)29-13-14-30(28-12-8-7-11-27(28)29)41-33-17-20-40-37(43-33)45(21-9-6-10-22-45)26-15-18-39-19-16-26/h7-8,11-14,17,20,23-24,26,39,44H,6,9-10,15-16,18-19,21-22H2,1-5H3,(H-,40,41,42,43,46,47)/p+1. The Morgan fingerprint density at radius 3 is 2.27 bits per heavy atom. The molecule has 2 saturated heterocycles. The predicted molar refractivity (Wildman–Crippen MR) is 204 cm³/mol. The van der Waals surface area contributed by atoms with Crippen molar-refractivity contribution in [1.82, 2.24) is 19.8 Å². The average molecular weight is 715 g/mol. The van der Waals surface area contributed by atoms with Crippen LogP contribution < -0.4 is 29.9 Å². The summed E-state index contributed by atoms with van der Waals surface area (Å²) in [6, 6.07) is 16.6. The Hall–Kier alpha value is -4.59. The number of benzene rings is 3. The molecule has 0 spiro atoms. The van der Waals surface area contributed by atoms with Crippen LogP contribution in [0.2, 0.25) is 0 Å². The van der Waals surface area contributed by atoms with Gasteiger partial charge in [-0.3, -0.25) is 18.8 Å². The van der Waals surface area contributed by atoms with Gasteiger partial charge in [-0.15, -0.1) is 0 Å². The lowest BCUT2D eigenvalue weighted by molar-refractivity contribution is -0.112. The lowest BCUT2D eigenvalue weighted by Gasteiger charge is -2.46. The maximum atomic E-state index is 13.8. The van der Waals surface area contributed by atoms with Gasteiger partial charge in [0.2, 0.25) is 10.0 Å². The number of methoxy groups -OCH3 is 1. The molecule has 3 heterocycles. The summed E-state index contributed by atoms with van der Waals surface area (Å²) in [7, 11) is -2.30. The summed E-state index contributed by atoms with van der Waals surface area (Å²) in [6.07, 6.45) is 8.61. The van der Waals surface area contributed by atoms with Crippen LogP contribution in [0.3, 0.4) is 0 Å². The van der Waals surface area contributed by atoms with Gasteiger partial charge in [0.1, 0.15) is 5.82 Å². The molecule has 0 atom stereocenters. The van der Waals surface area contributed by atoms with Gasteiger partial charge in [0.25, 0.3) is 11.7 Å². The molecule has 0 radical (unpaired) electrons. The Morgan fingerprint density at radius 1 is 0.922 bits per heavy atom. The quantitative estimate of drug-likeness (QED) is 0.0866. The van der Waals surface area contributed by atoms with E-state index < -0.39 is 27.1 Å². The first-order valence-electron chi connectivity index (χ1n) is 17.5. The number of quaternary nitrogens is 1. The Bertz CT molecular complexity index is 2050. The first kappa shape index (κ1) is 36.2. The van der Waals surface area contributed by atoms with Gasteiger partial charge in [-0.25, -0.2) is 8.42 Å². The van der Waals surface area contributed by atoms with E-state index in [2.05, 4.69) is 20.7 Å². The van der Waals surface area contributed by atoms with Crippen molar-refractivity contribution in [3.8, 4) is 5.75 Å². The molecule has 0 unspecified atom stereocenters. The lowest BCUT2D eigenvalue weighted by Crippen LogP contribution is -2.62. The van der Waals surface area contributed by atoms with E-state index in [-0.39, 0.29) is 22.7 Å². The number of Topliss-reactive ketones (excluding diaryl/α,β-unsaturated/α-hetero) is 1. The molecule has 0 aliphatic carbocycles. The minimum atomic E-state index is -3.67. The number of aromatic nitrogens is 2. The van der Waals surface area contributed by atoms with Crippen molar-refractivity contribution < 1.29 is 22.7 Å². The Labute approximate surface area is 300 Å². The number of hydrogen-bond acceptors (Lipinski definition) is 9. The Kier molecular flexibility index (Phi) is 10.3. The second kappa shape index (κ2) is 14.6. The summed E-state index contributed by atoms with van der Waals surface area (Å²) < 4.78 is 33.2. The van der Waals surface area contributed by atoms with Crippen molar-refractivity contribution >= 4 is 61.3 Å². The molecule has 4 N–H and O–H groups in total. The van der Waals surface area contributed by atoms with Crippen molar-refractivity contribution in [2.45, 2.75) is 64.3 Å². The highest BCUT2D eigenvalue weighted by Gasteiger charge is 2.43. The van der Waals surface area contributed by atoms with Crippen LogP contribution in [-0.2, 0) is 20.2 Å². The van der Waals surface area contributed by atoms with Crippen LogP contribution in [0.1, 0.15) is 68.8 Å². The van der Waals surface area contributed by atoms with Crippen molar-refractivity contribution in [3.63, 3.8) is 0 Å². The van der Waals surface area contributed by atoms with E-state index in [1.807, 2.05) is 57.3 Å². The van der Waals surface area contributed by atoms with Gasteiger partial charge in [0.05, 0.1) is 43.9 Å². The highest BCUT2D eigenvalue weighted by Crippen LogP contribution is 2.40. The Morgan fingerprint density at radius 2 is 1.61 bits per heavy atom. The highest BCUT2D eigenvalue weighted by molar-refractivity contribution is 7.92. The molecule has 1 aromatic heterocycles. The number of ketones is 1. The first-order valence-corrected chi connectivity index (χ1v) is 19.4. The molecule has 51 heavy (non-hydrogen) atoms. The van der Waals surface area contributed by atoms with Gasteiger partial charge in [0, 0.05) is 48.8 Å². The van der Waals surface area contributed by atoms with Crippen LogP contribution in [0.5, 0.6) is 5.75 Å². The topological polar surface area (TPSA) is 151 Å². The average Bonchev–Trinajstić information content (AvgIpc) is 3.11. The van der Waals surface area contributed by atoms with E-state index in [0.717, 1.165) is 85.2 Å². The molecule has 1 amide bonds. The summed E-state index contributed by atoms with van der Waals surface area (Å²) in [5, 5.41) is 11.0. The second-order valence-electron chi connectivity index (χ2n) is 14.6. The molecule has 12 nitrogen and oxygen atoms in total. The van der Waals surface area contributed by atoms with Gasteiger partial charge in [-0.05, 0) is 66.0 Å². The molecular weight excluding hydrogens is 667 g/mol. The van der Waals surface area contributed by atoms with Gasteiger partial charge < -0.3 is 20.7 Å².